The highest BCUT2D eigenvalue weighted by Gasteiger charge is 2.10. The topological polar surface area (TPSA) is 9.23 Å². The zero-order valence-electron chi connectivity index (χ0n) is 10.2. The molecule has 0 saturated carbocycles. The molecule has 0 fully saturated rings. The molecule has 2 aromatic rings. The van der Waals surface area contributed by atoms with E-state index < -0.39 is 0 Å². The minimum Gasteiger partial charge on any atom is -0.488 e. The molecule has 4 heteroatoms. The Labute approximate surface area is 128 Å². The molecule has 96 valence electrons. The molecule has 0 unspecified atom stereocenters. The van der Waals surface area contributed by atoms with Crippen LogP contribution in [0.25, 0.3) is 0 Å². The van der Waals surface area contributed by atoms with E-state index >= 15 is 0 Å². The Balaban J connectivity index is 2.16. The minimum absolute atomic E-state index is 0.448. The van der Waals surface area contributed by atoms with E-state index in [1.54, 1.807) is 11.3 Å². The maximum absolute atomic E-state index is 5.94. The molecule has 2 rings (SSSR count). The molecule has 0 aliphatic carbocycles. The molecule has 1 heterocycles. The van der Waals surface area contributed by atoms with Gasteiger partial charge in [-0.2, -0.15) is 0 Å². The van der Waals surface area contributed by atoms with Gasteiger partial charge in [-0.1, -0.05) is 29.8 Å². The van der Waals surface area contributed by atoms with Crippen molar-refractivity contribution in [2.75, 3.05) is 0 Å². The first-order chi connectivity index (χ1) is 8.58. The highest BCUT2D eigenvalue weighted by molar-refractivity contribution is 9.10. The summed E-state index contributed by atoms with van der Waals surface area (Å²) >= 11 is 8.73. The molecule has 18 heavy (non-hydrogen) atoms. The molecule has 0 aliphatic heterocycles. The van der Waals surface area contributed by atoms with Gasteiger partial charge in [0.1, 0.15) is 12.4 Å². The number of rotatable bonds is 4. The predicted molar refractivity (Wildman–Crippen MR) is 84.6 cm³/mol. The third-order valence-corrected chi connectivity index (χ3v) is 5.04. The van der Waals surface area contributed by atoms with Gasteiger partial charge in [0.05, 0.1) is 4.88 Å². The Morgan fingerprint density at radius 1 is 1.22 bits per heavy atom. The van der Waals surface area contributed by atoms with E-state index in [0.29, 0.717) is 12.5 Å². The molecule has 0 spiro atoms. The summed E-state index contributed by atoms with van der Waals surface area (Å²) in [6, 6.07) is 8.23. The number of thiophene rings is 1. The lowest BCUT2D eigenvalue weighted by molar-refractivity contribution is 0.304. The van der Waals surface area contributed by atoms with Crippen LogP contribution >= 0.6 is 43.2 Å². The average Bonchev–Trinajstić information content (AvgIpc) is 2.73. The molecule has 0 bridgehead atoms. The van der Waals surface area contributed by atoms with E-state index in [9.17, 15) is 0 Å². The number of benzene rings is 1. The van der Waals surface area contributed by atoms with E-state index in [4.69, 9.17) is 4.74 Å². The Morgan fingerprint density at radius 2 is 2.00 bits per heavy atom. The van der Waals surface area contributed by atoms with Crippen LogP contribution in [0.3, 0.4) is 0 Å². The zero-order chi connectivity index (χ0) is 13.1. The van der Waals surface area contributed by atoms with Gasteiger partial charge in [-0.3, -0.25) is 0 Å². The first kappa shape index (κ1) is 14.1. The van der Waals surface area contributed by atoms with E-state index in [0.717, 1.165) is 14.7 Å². The van der Waals surface area contributed by atoms with Gasteiger partial charge in [0.15, 0.2) is 0 Å². The van der Waals surface area contributed by atoms with Crippen molar-refractivity contribution in [1.29, 1.82) is 0 Å². The third kappa shape index (κ3) is 3.37. The average molecular weight is 390 g/mol. The van der Waals surface area contributed by atoms with Crippen molar-refractivity contribution >= 4 is 43.2 Å². The largest absolute Gasteiger partial charge is 0.488 e. The van der Waals surface area contributed by atoms with E-state index in [2.05, 4.69) is 57.2 Å². The van der Waals surface area contributed by atoms with E-state index in [1.165, 1.54) is 10.4 Å². The first-order valence-corrected chi connectivity index (χ1v) is 8.18. The smallest absolute Gasteiger partial charge is 0.124 e. The maximum atomic E-state index is 5.94. The summed E-state index contributed by atoms with van der Waals surface area (Å²) in [6.45, 7) is 4.96. The lowest BCUT2D eigenvalue weighted by Gasteiger charge is -2.14. The maximum Gasteiger partial charge on any atom is 0.124 e. The van der Waals surface area contributed by atoms with Crippen LogP contribution in [0.4, 0.5) is 0 Å². The van der Waals surface area contributed by atoms with Crippen LogP contribution < -0.4 is 4.74 Å². The molecule has 1 aromatic heterocycles. The van der Waals surface area contributed by atoms with E-state index in [1.807, 2.05) is 18.2 Å². The van der Waals surface area contributed by atoms with Crippen LogP contribution in [0, 0.1) is 0 Å². The molecule has 1 nitrogen and oxygen atoms in total. The number of ether oxygens (including phenoxy) is 1. The Kier molecular flexibility index (Phi) is 4.87. The van der Waals surface area contributed by atoms with Gasteiger partial charge >= 0.3 is 0 Å². The normalized spacial score (nSPS) is 10.9. The number of hydrogen-bond donors (Lipinski definition) is 0. The predicted octanol–water partition coefficient (Wildman–Crippen LogP) is 5.98. The second-order valence-electron chi connectivity index (χ2n) is 4.32. The number of halogens is 2. The first-order valence-electron chi connectivity index (χ1n) is 5.72. The molecule has 0 N–H and O–H groups in total. The number of hydrogen-bond acceptors (Lipinski definition) is 2. The van der Waals surface area contributed by atoms with Crippen LogP contribution in [0.1, 0.15) is 30.2 Å². The lowest BCUT2D eigenvalue weighted by Crippen LogP contribution is -1.99. The van der Waals surface area contributed by atoms with Crippen LogP contribution in [-0.2, 0) is 6.61 Å². The molecular formula is C14H14Br2OS. The Hall–Kier alpha value is -0.320. The lowest BCUT2D eigenvalue weighted by atomic mass is 10.0. The van der Waals surface area contributed by atoms with Crippen LogP contribution in [0.15, 0.2) is 38.6 Å². The van der Waals surface area contributed by atoms with Gasteiger partial charge < -0.3 is 4.74 Å². The third-order valence-electron chi connectivity index (χ3n) is 2.64. The summed E-state index contributed by atoms with van der Waals surface area (Å²) in [5.74, 6) is 1.41. The molecule has 0 aliphatic rings. The van der Waals surface area contributed by atoms with Crippen LogP contribution in [0.5, 0.6) is 5.75 Å². The van der Waals surface area contributed by atoms with Gasteiger partial charge in [0.25, 0.3) is 0 Å². The summed E-state index contributed by atoms with van der Waals surface area (Å²) < 4.78 is 8.15. The quantitative estimate of drug-likeness (QED) is 0.625. The molecule has 0 saturated heterocycles. The fraction of sp³-hybridized carbons (Fsp3) is 0.286. The second-order valence-corrected chi connectivity index (χ2v) is 7.09. The van der Waals surface area contributed by atoms with E-state index in [-0.39, 0.29) is 0 Å². The fourth-order valence-electron chi connectivity index (χ4n) is 1.67. The SMILES string of the molecule is CC(C)c1cc(Br)ccc1OCc1sccc1Br. The van der Waals surface area contributed by atoms with Crippen molar-refractivity contribution in [3.05, 3.63) is 49.0 Å². The zero-order valence-corrected chi connectivity index (χ0v) is 14.2. The minimum atomic E-state index is 0.448. The van der Waals surface area contributed by atoms with Gasteiger partial charge in [-0.05, 0) is 57.1 Å². The standard InChI is InChI=1S/C14H14Br2OS/c1-9(2)11-7-10(15)3-4-13(11)17-8-14-12(16)5-6-18-14/h3-7,9H,8H2,1-2H3. The van der Waals surface area contributed by atoms with Gasteiger partial charge in [-0.25, -0.2) is 0 Å². The van der Waals surface area contributed by atoms with Crippen molar-refractivity contribution in [3.63, 3.8) is 0 Å². The Morgan fingerprint density at radius 3 is 2.61 bits per heavy atom. The highest BCUT2D eigenvalue weighted by atomic mass is 79.9. The Bertz CT molecular complexity index is 534. The monoisotopic (exact) mass is 388 g/mol. The van der Waals surface area contributed by atoms with Gasteiger partial charge in [0, 0.05) is 8.95 Å². The highest BCUT2D eigenvalue weighted by Crippen LogP contribution is 2.31. The molecular weight excluding hydrogens is 376 g/mol. The fourth-order valence-corrected chi connectivity index (χ4v) is 3.43. The van der Waals surface area contributed by atoms with Crippen LogP contribution in [-0.4, -0.2) is 0 Å². The summed E-state index contributed by atoms with van der Waals surface area (Å²) in [4.78, 5) is 1.22. The molecule has 0 atom stereocenters. The molecule has 0 radical (unpaired) electrons. The summed E-state index contributed by atoms with van der Waals surface area (Å²) in [5.41, 5.74) is 1.23. The van der Waals surface area contributed by atoms with Crippen LogP contribution in [0.2, 0.25) is 0 Å². The van der Waals surface area contributed by atoms with Crippen molar-refractivity contribution < 1.29 is 4.74 Å². The molecule has 1 aromatic carbocycles. The van der Waals surface area contributed by atoms with Gasteiger partial charge in [-0.15, -0.1) is 11.3 Å². The summed E-state index contributed by atoms with van der Waals surface area (Å²) in [6.07, 6.45) is 0. The second kappa shape index (κ2) is 6.22. The van der Waals surface area contributed by atoms with Crippen molar-refractivity contribution in [1.82, 2.24) is 0 Å². The van der Waals surface area contributed by atoms with Crippen molar-refractivity contribution in [2.45, 2.75) is 26.4 Å². The summed E-state index contributed by atoms with van der Waals surface area (Å²) in [5, 5.41) is 2.06. The van der Waals surface area contributed by atoms with Crippen molar-refractivity contribution in [3.8, 4) is 5.75 Å². The van der Waals surface area contributed by atoms with Crippen molar-refractivity contribution in [2.24, 2.45) is 0 Å². The summed E-state index contributed by atoms with van der Waals surface area (Å²) in [7, 11) is 0. The molecule has 0 amide bonds. The van der Waals surface area contributed by atoms with Gasteiger partial charge in [0.2, 0.25) is 0 Å².